The Balaban J connectivity index is 3.11. The molecule has 0 heterocycles. The summed E-state index contributed by atoms with van der Waals surface area (Å²) >= 11 is 4.18. The largest absolute Gasteiger partial charge is 0.327 e. The van der Waals surface area contributed by atoms with E-state index < -0.39 is 7.60 Å². The molecule has 0 spiro atoms. The van der Waals surface area contributed by atoms with Crippen LogP contribution in [0.15, 0.2) is 0 Å². The first-order chi connectivity index (χ1) is 8.12. The van der Waals surface area contributed by atoms with Crippen LogP contribution in [0.25, 0.3) is 0 Å². The van der Waals surface area contributed by atoms with E-state index in [4.69, 9.17) is 0 Å². The standard InChI is InChI=1S/C12H27O3PS/c1-15-16(13,14)11-9-7-5-3-2-4-6-8-10-12-17/h17H,2-12H2,1H3,(H,13,14). The molecule has 0 aliphatic carbocycles. The summed E-state index contributed by atoms with van der Waals surface area (Å²) in [5.41, 5.74) is 0. The summed E-state index contributed by atoms with van der Waals surface area (Å²) in [4.78, 5) is 9.17. The Labute approximate surface area is 111 Å². The minimum Gasteiger partial charge on any atom is -0.324 e. The lowest BCUT2D eigenvalue weighted by Crippen LogP contribution is -1.91. The van der Waals surface area contributed by atoms with E-state index in [1.165, 1.54) is 45.6 Å². The van der Waals surface area contributed by atoms with Crippen molar-refractivity contribution in [2.75, 3.05) is 19.0 Å². The highest BCUT2D eigenvalue weighted by atomic mass is 32.1. The molecule has 0 radical (unpaired) electrons. The van der Waals surface area contributed by atoms with Gasteiger partial charge in [-0.15, -0.1) is 0 Å². The second-order valence-electron chi connectivity index (χ2n) is 4.45. The Hall–Kier alpha value is 0.500. The summed E-state index contributed by atoms with van der Waals surface area (Å²) in [6.07, 6.45) is 11.0. The van der Waals surface area contributed by atoms with Crippen LogP contribution in [-0.2, 0) is 9.09 Å². The maximum absolute atomic E-state index is 11.1. The monoisotopic (exact) mass is 282 g/mol. The zero-order valence-electron chi connectivity index (χ0n) is 10.9. The molecule has 1 unspecified atom stereocenters. The van der Waals surface area contributed by atoms with E-state index in [9.17, 15) is 9.46 Å². The lowest BCUT2D eigenvalue weighted by molar-refractivity contribution is 0.314. The van der Waals surface area contributed by atoms with E-state index in [-0.39, 0.29) is 0 Å². The van der Waals surface area contributed by atoms with Gasteiger partial charge in [-0.1, -0.05) is 44.9 Å². The van der Waals surface area contributed by atoms with Crippen molar-refractivity contribution in [1.82, 2.24) is 0 Å². The lowest BCUT2D eigenvalue weighted by atomic mass is 10.1. The smallest absolute Gasteiger partial charge is 0.324 e. The Morgan fingerprint density at radius 2 is 1.35 bits per heavy atom. The highest BCUT2D eigenvalue weighted by Gasteiger charge is 2.15. The van der Waals surface area contributed by atoms with Crippen LogP contribution in [0.2, 0.25) is 0 Å². The fourth-order valence-electron chi connectivity index (χ4n) is 1.75. The molecule has 104 valence electrons. The summed E-state index contributed by atoms with van der Waals surface area (Å²) in [5, 5.41) is 0. The highest BCUT2D eigenvalue weighted by Crippen LogP contribution is 2.41. The lowest BCUT2D eigenvalue weighted by Gasteiger charge is -2.07. The highest BCUT2D eigenvalue weighted by molar-refractivity contribution is 7.80. The third-order valence-corrected chi connectivity index (χ3v) is 4.65. The second-order valence-corrected chi connectivity index (χ2v) is 6.98. The fraction of sp³-hybridized carbons (Fsp3) is 1.00. The molecular formula is C12H27O3PS. The molecule has 0 rings (SSSR count). The van der Waals surface area contributed by atoms with Crippen LogP contribution < -0.4 is 0 Å². The fourth-order valence-corrected chi connectivity index (χ4v) is 2.78. The van der Waals surface area contributed by atoms with E-state index >= 15 is 0 Å². The zero-order chi connectivity index (χ0) is 13.0. The maximum atomic E-state index is 11.1. The van der Waals surface area contributed by atoms with Gasteiger partial charge in [0.2, 0.25) is 0 Å². The van der Waals surface area contributed by atoms with Crippen LogP contribution in [0.3, 0.4) is 0 Å². The predicted octanol–water partition coefficient (Wildman–Crippen LogP) is 4.26. The topological polar surface area (TPSA) is 46.5 Å². The second kappa shape index (κ2) is 11.6. The predicted molar refractivity (Wildman–Crippen MR) is 77.1 cm³/mol. The number of hydrogen-bond donors (Lipinski definition) is 2. The molecule has 0 bridgehead atoms. The molecule has 1 N–H and O–H groups in total. The Kier molecular flexibility index (Phi) is 11.9. The molecule has 0 aliphatic heterocycles. The van der Waals surface area contributed by atoms with Gasteiger partial charge in [0.25, 0.3) is 0 Å². The molecule has 0 aromatic carbocycles. The van der Waals surface area contributed by atoms with Crippen molar-refractivity contribution in [1.29, 1.82) is 0 Å². The van der Waals surface area contributed by atoms with E-state index in [0.717, 1.165) is 25.0 Å². The van der Waals surface area contributed by atoms with Crippen LogP contribution in [0.4, 0.5) is 0 Å². The SMILES string of the molecule is COP(=O)(O)CCCCCCCCCCCS. The van der Waals surface area contributed by atoms with Gasteiger partial charge in [0.15, 0.2) is 0 Å². The molecule has 5 heteroatoms. The molecule has 1 atom stereocenters. The summed E-state index contributed by atoms with van der Waals surface area (Å²) in [7, 11) is -1.96. The average molecular weight is 282 g/mol. The van der Waals surface area contributed by atoms with Crippen molar-refractivity contribution in [3.63, 3.8) is 0 Å². The number of unbranched alkanes of at least 4 members (excludes halogenated alkanes) is 8. The van der Waals surface area contributed by atoms with Crippen molar-refractivity contribution in [2.45, 2.75) is 57.8 Å². The van der Waals surface area contributed by atoms with Gasteiger partial charge in [-0.05, 0) is 18.6 Å². The molecule has 0 amide bonds. The van der Waals surface area contributed by atoms with E-state index in [0.29, 0.717) is 6.16 Å². The minimum atomic E-state index is -3.25. The maximum Gasteiger partial charge on any atom is 0.327 e. The molecule has 0 saturated carbocycles. The van der Waals surface area contributed by atoms with Crippen LogP contribution in [0, 0.1) is 0 Å². The molecule has 0 aromatic heterocycles. The Morgan fingerprint density at radius 3 is 1.76 bits per heavy atom. The summed E-state index contributed by atoms with van der Waals surface area (Å²) < 4.78 is 15.7. The Morgan fingerprint density at radius 1 is 0.941 bits per heavy atom. The minimum absolute atomic E-state index is 0.297. The third kappa shape index (κ3) is 12.7. The zero-order valence-corrected chi connectivity index (χ0v) is 12.7. The van der Waals surface area contributed by atoms with Crippen LogP contribution in [0.1, 0.15) is 57.8 Å². The average Bonchev–Trinajstić information content (AvgIpc) is 2.31. The van der Waals surface area contributed by atoms with Gasteiger partial charge in [-0.3, -0.25) is 4.57 Å². The van der Waals surface area contributed by atoms with E-state index in [2.05, 4.69) is 17.2 Å². The van der Waals surface area contributed by atoms with Crippen molar-refractivity contribution < 1.29 is 14.0 Å². The summed E-state index contributed by atoms with van der Waals surface area (Å²) in [6.45, 7) is 0. The van der Waals surface area contributed by atoms with Gasteiger partial charge in [0.05, 0.1) is 0 Å². The quantitative estimate of drug-likeness (QED) is 0.319. The van der Waals surface area contributed by atoms with Crippen LogP contribution >= 0.6 is 20.2 Å². The van der Waals surface area contributed by atoms with Crippen molar-refractivity contribution in [3.05, 3.63) is 0 Å². The molecule has 3 nitrogen and oxygen atoms in total. The summed E-state index contributed by atoms with van der Waals surface area (Å²) in [5.74, 6) is 1.00. The first-order valence-electron chi connectivity index (χ1n) is 6.61. The first kappa shape index (κ1) is 17.5. The van der Waals surface area contributed by atoms with Crippen LogP contribution in [-0.4, -0.2) is 23.9 Å². The first-order valence-corrected chi connectivity index (χ1v) is 9.00. The Bertz CT molecular complexity index is 212. The summed E-state index contributed by atoms with van der Waals surface area (Å²) in [6, 6.07) is 0. The molecule has 0 fully saturated rings. The number of hydrogen-bond acceptors (Lipinski definition) is 3. The van der Waals surface area contributed by atoms with Gasteiger partial charge >= 0.3 is 7.60 Å². The third-order valence-electron chi connectivity index (χ3n) is 2.88. The van der Waals surface area contributed by atoms with Gasteiger partial charge in [-0.2, -0.15) is 12.6 Å². The van der Waals surface area contributed by atoms with E-state index in [1.807, 2.05) is 0 Å². The number of thiol groups is 1. The van der Waals surface area contributed by atoms with Gasteiger partial charge in [-0.25, -0.2) is 0 Å². The van der Waals surface area contributed by atoms with Crippen molar-refractivity contribution in [3.8, 4) is 0 Å². The van der Waals surface area contributed by atoms with Crippen molar-refractivity contribution >= 4 is 20.2 Å². The molecule has 17 heavy (non-hydrogen) atoms. The normalized spacial score (nSPS) is 14.8. The van der Waals surface area contributed by atoms with Gasteiger partial charge in [0, 0.05) is 13.3 Å². The molecular weight excluding hydrogens is 255 g/mol. The molecule has 0 aliphatic rings. The van der Waals surface area contributed by atoms with Gasteiger partial charge in [0.1, 0.15) is 0 Å². The van der Waals surface area contributed by atoms with E-state index in [1.54, 1.807) is 0 Å². The van der Waals surface area contributed by atoms with Gasteiger partial charge < -0.3 is 9.42 Å². The molecule has 0 aromatic rings. The number of rotatable bonds is 12. The molecule has 0 saturated heterocycles. The van der Waals surface area contributed by atoms with Crippen molar-refractivity contribution in [2.24, 2.45) is 0 Å². The van der Waals surface area contributed by atoms with Crippen LogP contribution in [0.5, 0.6) is 0 Å².